The Labute approximate surface area is 248 Å². The minimum Gasteiger partial charge on any atom is -0.378 e. The number of thiophene rings is 1. The molecule has 1 aromatic carbocycles. The average Bonchev–Trinajstić information content (AvgIpc) is 3.46. The smallest absolute Gasteiger partial charge is 0.274 e. The first-order valence-electron chi connectivity index (χ1n) is 14.2. The summed E-state index contributed by atoms with van der Waals surface area (Å²) in [5.74, 6) is 0.273. The number of rotatable bonds is 6. The predicted octanol–water partition coefficient (Wildman–Crippen LogP) is 5.16. The Kier molecular flexibility index (Phi) is 7.90. The molecule has 0 atom stereocenters. The van der Waals surface area contributed by atoms with Gasteiger partial charge in [-0.05, 0) is 79.6 Å². The molecule has 4 heterocycles. The van der Waals surface area contributed by atoms with Gasteiger partial charge < -0.3 is 24.8 Å². The predicted molar refractivity (Wildman–Crippen MR) is 165 cm³/mol. The van der Waals surface area contributed by atoms with Crippen LogP contribution >= 0.6 is 11.3 Å². The third-order valence-corrected chi connectivity index (χ3v) is 9.10. The number of aryl methyl sites for hydroxylation is 3. The molecule has 0 unspecified atom stereocenters. The molecule has 1 aliphatic carbocycles. The normalized spacial score (nSPS) is 14.8. The van der Waals surface area contributed by atoms with Crippen LogP contribution < -0.4 is 16.2 Å². The van der Waals surface area contributed by atoms with Gasteiger partial charge in [-0.2, -0.15) is 0 Å². The van der Waals surface area contributed by atoms with E-state index in [1.807, 2.05) is 31.2 Å². The summed E-state index contributed by atoms with van der Waals surface area (Å²) in [6.45, 7) is 4.14. The highest BCUT2D eigenvalue weighted by molar-refractivity contribution is 7.14. The molecule has 1 fully saturated rings. The van der Waals surface area contributed by atoms with Crippen molar-refractivity contribution in [3.05, 3.63) is 91.7 Å². The van der Waals surface area contributed by atoms with E-state index in [-0.39, 0.29) is 17.4 Å². The molecule has 0 radical (unpaired) electrons. The molecule has 216 valence electrons. The monoisotopic (exact) mass is 583 g/mol. The SMILES string of the molecule is Cc1c(NC(=O)c2cc3c(s2)CCCC3)cccc1-c1cc(Nc2ccc(C(=O)N3CCOCC3)cn2)c(=O)n(C)c1. The zero-order valence-electron chi connectivity index (χ0n) is 23.7. The summed E-state index contributed by atoms with van der Waals surface area (Å²) in [6.07, 6.45) is 7.77. The molecule has 3 aromatic heterocycles. The third kappa shape index (κ3) is 5.73. The summed E-state index contributed by atoms with van der Waals surface area (Å²) in [5, 5.41) is 6.23. The van der Waals surface area contributed by atoms with Crippen molar-refractivity contribution < 1.29 is 14.3 Å². The number of fused-ring (bicyclic) bond motifs is 1. The van der Waals surface area contributed by atoms with Gasteiger partial charge >= 0.3 is 0 Å². The Hall–Kier alpha value is -4.28. The van der Waals surface area contributed by atoms with Gasteiger partial charge in [0.1, 0.15) is 11.5 Å². The van der Waals surface area contributed by atoms with Gasteiger partial charge in [0.25, 0.3) is 17.4 Å². The third-order valence-electron chi connectivity index (χ3n) is 7.87. The Morgan fingerprint density at radius 3 is 2.60 bits per heavy atom. The van der Waals surface area contributed by atoms with E-state index in [4.69, 9.17) is 4.74 Å². The van der Waals surface area contributed by atoms with E-state index >= 15 is 0 Å². The van der Waals surface area contributed by atoms with Crippen LogP contribution in [0.25, 0.3) is 11.1 Å². The van der Waals surface area contributed by atoms with Crippen LogP contribution in [0.5, 0.6) is 0 Å². The largest absolute Gasteiger partial charge is 0.378 e. The Morgan fingerprint density at radius 1 is 1.02 bits per heavy atom. The lowest BCUT2D eigenvalue weighted by Crippen LogP contribution is -2.40. The summed E-state index contributed by atoms with van der Waals surface area (Å²) >= 11 is 1.59. The van der Waals surface area contributed by atoms with Crippen molar-refractivity contribution in [3.63, 3.8) is 0 Å². The second-order valence-electron chi connectivity index (χ2n) is 10.7. The standard InChI is InChI=1S/C32H33N5O4S/c1-20-24(7-5-8-25(20)35-30(38)28-17-21-6-3-4-9-27(21)42-28)23-16-26(32(40)36(2)19-23)34-29-11-10-22(18-33-29)31(39)37-12-14-41-15-13-37/h5,7-8,10-11,16-19H,3-4,6,9,12-15H2,1-2H3,(H,33,34)(H,35,38). The number of carbonyl (C=O) groups excluding carboxylic acids is 2. The highest BCUT2D eigenvalue weighted by Crippen LogP contribution is 2.32. The van der Waals surface area contributed by atoms with Crippen LogP contribution in [-0.2, 0) is 24.6 Å². The number of nitrogens with one attached hydrogen (secondary N) is 2. The van der Waals surface area contributed by atoms with Crippen LogP contribution in [0.15, 0.2) is 59.7 Å². The Morgan fingerprint density at radius 2 is 1.83 bits per heavy atom. The van der Waals surface area contributed by atoms with E-state index in [9.17, 15) is 14.4 Å². The molecule has 10 heteroatoms. The minimum atomic E-state index is -0.210. The first-order chi connectivity index (χ1) is 20.4. The maximum atomic E-state index is 13.2. The van der Waals surface area contributed by atoms with Gasteiger partial charge in [0.2, 0.25) is 0 Å². The zero-order chi connectivity index (χ0) is 29.2. The number of pyridine rings is 2. The van der Waals surface area contributed by atoms with Gasteiger partial charge in [0.15, 0.2) is 0 Å². The molecule has 0 spiro atoms. The van der Waals surface area contributed by atoms with Gasteiger partial charge in [-0.25, -0.2) is 4.98 Å². The number of hydrogen-bond donors (Lipinski definition) is 2. The number of anilines is 3. The molecule has 42 heavy (non-hydrogen) atoms. The average molecular weight is 584 g/mol. The topological polar surface area (TPSA) is 106 Å². The fraction of sp³-hybridized carbons (Fsp3) is 0.312. The second kappa shape index (κ2) is 11.9. The van der Waals surface area contributed by atoms with Crippen LogP contribution in [-0.4, -0.2) is 52.6 Å². The summed E-state index contributed by atoms with van der Waals surface area (Å²) in [7, 11) is 1.70. The molecule has 0 bridgehead atoms. The van der Waals surface area contributed by atoms with Gasteiger partial charge in [-0.1, -0.05) is 12.1 Å². The lowest BCUT2D eigenvalue weighted by atomic mass is 9.99. The lowest BCUT2D eigenvalue weighted by molar-refractivity contribution is 0.0302. The number of ether oxygens (including phenoxy) is 1. The first-order valence-corrected chi connectivity index (χ1v) is 15.0. The summed E-state index contributed by atoms with van der Waals surface area (Å²) in [4.78, 5) is 47.1. The summed E-state index contributed by atoms with van der Waals surface area (Å²) < 4.78 is 6.85. The molecule has 0 saturated carbocycles. The van der Waals surface area contributed by atoms with Gasteiger partial charge in [-0.15, -0.1) is 11.3 Å². The van der Waals surface area contributed by atoms with E-state index in [0.29, 0.717) is 43.4 Å². The fourth-order valence-corrected chi connectivity index (χ4v) is 6.65. The molecular weight excluding hydrogens is 550 g/mol. The first kappa shape index (κ1) is 27.9. The van der Waals surface area contributed by atoms with Crippen molar-refractivity contribution in [2.45, 2.75) is 32.6 Å². The molecule has 6 rings (SSSR count). The second-order valence-corrected chi connectivity index (χ2v) is 11.9. The summed E-state index contributed by atoms with van der Waals surface area (Å²) in [6, 6.07) is 13.0. The number of benzene rings is 1. The number of aromatic nitrogens is 2. The van der Waals surface area contributed by atoms with E-state index in [2.05, 4.69) is 15.6 Å². The number of amides is 2. The van der Waals surface area contributed by atoms with Crippen molar-refractivity contribution >= 4 is 40.3 Å². The van der Waals surface area contributed by atoms with E-state index < -0.39 is 0 Å². The van der Waals surface area contributed by atoms with Crippen LogP contribution in [0.2, 0.25) is 0 Å². The van der Waals surface area contributed by atoms with Crippen LogP contribution in [0.3, 0.4) is 0 Å². The van der Waals surface area contributed by atoms with Crippen LogP contribution in [0.1, 0.15) is 48.9 Å². The lowest BCUT2D eigenvalue weighted by Gasteiger charge is -2.26. The summed E-state index contributed by atoms with van der Waals surface area (Å²) in [5.41, 5.74) is 5.29. The van der Waals surface area contributed by atoms with Crippen molar-refractivity contribution in [3.8, 4) is 11.1 Å². The van der Waals surface area contributed by atoms with Crippen molar-refractivity contribution in [1.29, 1.82) is 0 Å². The highest BCUT2D eigenvalue weighted by atomic mass is 32.1. The van der Waals surface area contributed by atoms with Crippen molar-refractivity contribution in [2.75, 3.05) is 36.9 Å². The fourth-order valence-electron chi connectivity index (χ4n) is 5.50. The quantitative estimate of drug-likeness (QED) is 0.325. The Bertz CT molecular complexity index is 1680. The number of morpholine rings is 1. The highest BCUT2D eigenvalue weighted by Gasteiger charge is 2.20. The number of nitrogens with zero attached hydrogens (tertiary/aromatic N) is 3. The molecule has 2 N–H and O–H groups in total. The molecule has 2 aliphatic rings. The maximum Gasteiger partial charge on any atom is 0.274 e. The molecule has 4 aromatic rings. The van der Waals surface area contributed by atoms with Gasteiger partial charge in [-0.3, -0.25) is 14.4 Å². The van der Waals surface area contributed by atoms with E-state index in [0.717, 1.165) is 40.1 Å². The van der Waals surface area contributed by atoms with E-state index in [1.165, 1.54) is 34.0 Å². The minimum absolute atomic E-state index is 0.0867. The zero-order valence-corrected chi connectivity index (χ0v) is 24.6. The molecule has 2 amide bonds. The van der Waals surface area contributed by atoms with Crippen LogP contribution in [0, 0.1) is 6.92 Å². The van der Waals surface area contributed by atoms with E-state index in [1.54, 1.807) is 47.7 Å². The van der Waals surface area contributed by atoms with Gasteiger partial charge in [0, 0.05) is 48.7 Å². The maximum absolute atomic E-state index is 13.2. The number of carbonyl (C=O) groups is 2. The molecule has 1 aliphatic heterocycles. The molecule has 9 nitrogen and oxygen atoms in total. The van der Waals surface area contributed by atoms with Crippen molar-refractivity contribution in [2.24, 2.45) is 7.05 Å². The molecular formula is C32H33N5O4S. The van der Waals surface area contributed by atoms with Crippen molar-refractivity contribution in [1.82, 2.24) is 14.5 Å². The van der Waals surface area contributed by atoms with Crippen LogP contribution in [0.4, 0.5) is 17.2 Å². The number of hydrogen-bond acceptors (Lipinski definition) is 7. The Balaban J connectivity index is 1.22. The van der Waals surface area contributed by atoms with Gasteiger partial charge in [0.05, 0.1) is 23.7 Å². The molecule has 1 saturated heterocycles.